The van der Waals surface area contributed by atoms with Crippen LogP contribution in [0.25, 0.3) is 0 Å². The number of halogens is 1. The summed E-state index contributed by atoms with van der Waals surface area (Å²) < 4.78 is 7.12. The van der Waals surface area contributed by atoms with E-state index in [2.05, 4.69) is 81.6 Å². The molecule has 0 N–H and O–H groups in total. The number of nitrogens with zero attached hydrogens (tertiary/aromatic N) is 6. The highest BCUT2D eigenvalue weighted by molar-refractivity contribution is 5.85. The molecule has 3 aromatic rings. The summed E-state index contributed by atoms with van der Waals surface area (Å²) in [5.74, 6) is 0.874. The predicted molar refractivity (Wildman–Crippen MR) is 125 cm³/mol. The molecule has 0 radical (unpaired) electrons. The maximum absolute atomic E-state index is 5.25. The fraction of sp³-hybridized carbons (Fsp3) is 0.435. The van der Waals surface area contributed by atoms with Gasteiger partial charge in [0.1, 0.15) is 0 Å². The minimum Gasteiger partial charge on any atom is -0.383 e. The standard InChI is InChI=1S/C23H30N6O.ClH/c1-18-9-10-19(2)21(17-18)27-11-13-28(14-12-27)22(20-7-5-4-6-8-20)23-24-25-26-29(23)15-16-30-3;/h4-10,17,22H,11-16H2,1-3H3;1H. The van der Waals surface area contributed by atoms with E-state index in [-0.39, 0.29) is 18.4 Å². The molecule has 31 heavy (non-hydrogen) atoms. The summed E-state index contributed by atoms with van der Waals surface area (Å²) in [4.78, 5) is 4.99. The summed E-state index contributed by atoms with van der Waals surface area (Å²) in [7, 11) is 1.70. The van der Waals surface area contributed by atoms with E-state index in [0.29, 0.717) is 13.2 Å². The highest BCUT2D eigenvalue weighted by Crippen LogP contribution is 2.30. The molecule has 0 bridgehead atoms. The topological polar surface area (TPSA) is 59.3 Å². The molecular weight excluding hydrogens is 412 g/mol. The largest absolute Gasteiger partial charge is 0.383 e. The molecule has 1 unspecified atom stereocenters. The first-order chi connectivity index (χ1) is 14.7. The Morgan fingerprint density at radius 1 is 1.00 bits per heavy atom. The van der Waals surface area contributed by atoms with Crippen LogP contribution in [-0.4, -0.2) is 65.0 Å². The molecule has 0 saturated carbocycles. The zero-order valence-electron chi connectivity index (χ0n) is 18.4. The van der Waals surface area contributed by atoms with Crippen LogP contribution in [0, 0.1) is 13.8 Å². The van der Waals surface area contributed by atoms with Crippen LogP contribution in [0.4, 0.5) is 5.69 Å². The summed E-state index contributed by atoms with van der Waals surface area (Å²) in [6.07, 6.45) is 0. The lowest BCUT2D eigenvalue weighted by atomic mass is 10.0. The lowest BCUT2D eigenvalue weighted by Gasteiger charge is -2.40. The second kappa shape index (κ2) is 10.7. The molecule has 2 heterocycles. The Balaban J connectivity index is 0.00000272. The number of ether oxygens (including phenoxy) is 1. The first kappa shape index (κ1) is 23.2. The van der Waals surface area contributed by atoms with Crippen LogP contribution in [0.2, 0.25) is 0 Å². The van der Waals surface area contributed by atoms with Crippen LogP contribution in [0.3, 0.4) is 0 Å². The van der Waals surface area contributed by atoms with Crippen LogP contribution < -0.4 is 4.90 Å². The van der Waals surface area contributed by atoms with Crippen LogP contribution >= 0.6 is 12.4 Å². The van der Waals surface area contributed by atoms with Crippen molar-refractivity contribution >= 4 is 18.1 Å². The molecule has 1 aliphatic heterocycles. The molecule has 1 aromatic heterocycles. The lowest BCUT2D eigenvalue weighted by Crippen LogP contribution is -2.48. The number of benzene rings is 2. The van der Waals surface area contributed by atoms with Gasteiger partial charge in [0.2, 0.25) is 0 Å². The fourth-order valence-corrected chi connectivity index (χ4v) is 4.18. The van der Waals surface area contributed by atoms with Crippen molar-refractivity contribution in [2.24, 2.45) is 0 Å². The van der Waals surface area contributed by atoms with Gasteiger partial charge in [-0.2, -0.15) is 0 Å². The van der Waals surface area contributed by atoms with Gasteiger partial charge in [0.05, 0.1) is 19.2 Å². The highest BCUT2D eigenvalue weighted by atomic mass is 35.5. The molecular formula is C23H31ClN6O. The van der Waals surface area contributed by atoms with E-state index in [9.17, 15) is 0 Å². The highest BCUT2D eigenvalue weighted by Gasteiger charge is 2.30. The zero-order valence-corrected chi connectivity index (χ0v) is 19.3. The number of rotatable bonds is 7. The van der Waals surface area contributed by atoms with Crippen molar-refractivity contribution in [2.75, 3.05) is 44.8 Å². The van der Waals surface area contributed by atoms with Gasteiger partial charge in [-0.1, -0.05) is 42.5 Å². The predicted octanol–water partition coefficient (Wildman–Crippen LogP) is 3.27. The van der Waals surface area contributed by atoms with E-state index in [1.165, 1.54) is 22.4 Å². The molecule has 166 valence electrons. The van der Waals surface area contributed by atoms with Crippen molar-refractivity contribution in [1.82, 2.24) is 25.1 Å². The van der Waals surface area contributed by atoms with Crippen molar-refractivity contribution in [3.05, 3.63) is 71.0 Å². The van der Waals surface area contributed by atoms with Gasteiger partial charge >= 0.3 is 0 Å². The molecule has 0 spiro atoms. The van der Waals surface area contributed by atoms with Gasteiger partial charge < -0.3 is 9.64 Å². The number of piperazine rings is 1. The summed E-state index contributed by atoms with van der Waals surface area (Å²) in [5, 5.41) is 12.6. The average Bonchev–Trinajstić information content (AvgIpc) is 3.23. The SMILES string of the molecule is COCCn1nnnc1C(c1ccccc1)N1CCN(c2cc(C)ccc2C)CC1.Cl. The summed E-state index contributed by atoms with van der Waals surface area (Å²) >= 11 is 0. The average molecular weight is 443 g/mol. The molecule has 1 aliphatic rings. The zero-order chi connectivity index (χ0) is 20.9. The Hall–Kier alpha value is -2.48. The smallest absolute Gasteiger partial charge is 0.173 e. The second-order valence-electron chi connectivity index (χ2n) is 7.88. The first-order valence-corrected chi connectivity index (χ1v) is 10.5. The molecule has 0 aliphatic carbocycles. The van der Waals surface area contributed by atoms with E-state index in [0.717, 1.165) is 32.0 Å². The van der Waals surface area contributed by atoms with Gasteiger partial charge in [0, 0.05) is 39.0 Å². The van der Waals surface area contributed by atoms with Gasteiger partial charge in [0.15, 0.2) is 5.82 Å². The van der Waals surface area contributed by atoms with Crippen molar-refractivity contribution < 1.29 is 4.74 Å². The van der Waals surface area contributed by atoms with E-state index in [4.69, 9.17) is 4.74 Å². The molecule has 0 amide bonds. The Morgan fingerprint density at radius 2 is 1.74 bits per heavy atom. The minimum atomic E-state index is 0. The van der Waals surface area contributed by atoms with Crippen molar-refractivity contribution in [2.45, 2.75) is 26.4 Å². The number of tetrazole rings is 1. The van der Waals surface area contributed by atoms with E-state index < -0.39 is 0 Å². The van der Waals surface area contributed by atoms with E-state index >= 15 is 0 Å². The summed E-state index contributed by atoms with van der Waals surface area (Å²) in [6, 6.07) is 17.3. The third kappa shape index (κ3) is 5.23. The van der Waals surface area contributed by atoms with Crippen LogP contribution in [-0.2, 0) is 11.3 Å². The number of methoxy groups -OCH3 is 1. The minimum absolute atomic E-state index is 0. The van der Waals surface area contributed by atoms with Gasteiger partial charge in [-0.25, -0.2) is 4.68 Å². The van der Waals surface area contributed by atoms with Gasteiger partial charge in [-0.05, 0) is 47.0 Å². The molecule has 1 atom stereocenters. The fourth-order valence-electron chi connectivity index (χ4n) is 4.18. The Kier molecular flexibility index (Phi) is 8.01. The molecule has 4 rings (SSSR count). The van der Waals surface area contributed by atoms with Gasteiger partial charge in [-0.3, -0.25) is 4.90 Å². The number of aryl methyl sites for hydroxylation is 2. The van der Waals surface area contributed by atoms with Crippen molar-refractivity contribution in [3.8, 4) is 0 Å². The number of aromatic nitrogens is 4. The third-order valence-electron chi connectivity index (χ3n) is 5.81. The first-order valence-electron chi connectivity index (χ1n) is 10.5. The van der Waals surface area contributed by atoms with E-state index in [1.807, 2.05) is 10.7 Å². The summed E-state index contributed by atoms with van der Waals surface area (Å²) in [5.41, 5.74) is 5.19. The number of anilines is 1. The van der Waals surface area contributed by atoms with E-state index in [1.54, 1.807) is 7.11 Å². The van der Waals surface area contributed by atoms with Crippen molar-refractivity contribution in [3.63, 3.8) is 0 Å². The second-order valence-corrected chi connectivity index (χ2v) is 7.88. The maximum atomic E-state index is 5.25. The monoisotopic (exact) mass is 442 g/mol. The Morgan fingerprint density at radius 3 is 2.45 bits per heavy atom. The van der Waals surface area contributed by atoms with Gasteiger partial charge in [0.25, 0.3) is 0 Å². The van der Waals surface area contributed by atoms with Gasteiger partial charge in [-0.15, -0.1) is 17.5 Å². The van der Waals surface area contributed by atoms with Crippen LogP contribution in [0.5, 0.6) is 0 Å². The third-order valence-corrected chi connectivity index (χ3v) is 5.81. The molecule has 1 saturated heterocycles. The molecule has 7 nitrogen and oxygen atoms in total. The van der Waals surface area contributed by atoms with Crippen molar-refractivity contribution in [1.29, 1.82) is 0 Å². The number of hydrogen-bond acceptors (Lipinski definition) is 6. The quantitative estimate of drug-likeness (QED) is 0.559. The summed E-state index contributed by atoms with van der Waals surface area (Å²) in [6.45, 7) is 9.43. The maximum Gasteiger partial charge on any atom is 0.173 e. The van der Waals surface area contributed by atoms with Crippen LogP contribution in [0.1, 0.15) is 28.6 Å². The molecule has 8 heteroatoms. The Labute approximate surface area is 190 Å². The molecule has 2 aromatic carbocycles. The lowest BCUT2D eigenvalue weighted by molar-refractivity contribution is 0.171. The number of hydrogen-bond donors (Lipinski definition) is 0. The Bertz CT molecular complexity index is 956. The molecule has 1 fully saturated rings. The van der Waals surface area contributed by atoms with Crippen LogP contribution in [0.15, 0.2) is 48.5 Å². The normalized spacial score (nSPS) is 15.5.